The van der Waals surface area contributed by atoms with Gasteiger partial charge in [-0.15, -0.1) is 5.10 Å². The molecule has 0 atom stereocenters. The fraction of sp³-hybridized carbons (Fsp3) is 0.318. The van der Waals surface area contributed by atoms with Gasteiger partial charge < -0.3 is 10.2 Å². The van der Waals surface area contributed by atoms with Crippen molar-refractivity contribution < 1.29 is 0 Å². The standard InChI is InChI=1S/C22H25N5/c1-3-7-18(8-4-1)15-19-11-13-27(14-12-19)21-17-24-26-22(25-21)23-16-20-9-5-2-6-10-20/h1-10,17,19H,11-16H2,(H,23,25,26). The van der Waals surface area contributed by atoms with E-state index in [1.165, 1.54) is 30.4 Å². The number of rotatable bonds is 6. The predicted octanol–water partition coefficient (Wildman–Crippen LogP) is 3.94. The number of nitrogens with zero attached hydrogens (tertiary/aromatic N) is 4. The van der Waals surface area contributed by atoms with Crippen LogP contribution in [0, 0.1) is 5.92 Å². The predicted molar refractivity (Wildman–Crippen MR) is 109 cm³/mol. The molecule has 0 radical (unpaired) electrons. The van der Waals surface area contributed by atoms with E-state index in [9.17, 15) is 0 Å². The second kappa shape index (κ2) is 8.62. The molecule has 2 heterocycles. The quantitative estimate of drug-likeness (QED) is 0.722. The van der Waals surface area contributed by atoms with Gasteiger partial charge in [0, 0.05) is 19.6 Å². The van der Waals surface area contributed by atoms with E-state index >= 15 is 0 Å². The molecule has 1 aromatic heterocycles. The van der Waals surface area contributed by atoms with E-state index in [-0.39, 0.29) is 0 Å². The minimum absolute atomic E-state index is 0.586. The van der Waals surface area contributed by atoms with Gasteiger partial charge in [0.05, 0.1) is 6.20 Å². The van der Waals surface area contributed by atoms with Crippen LogP contribution in [0.15, 0.2) is 66.9 Å². The lowest BCUT2D eigenvalue weighted by molar-refractivity contribution is 0.402. The van der Waals surface area contributed by atoms with Crippen LogP contribution in [-0.2, 0) is 13.0 Å². The zero-order chi connectivity index (χ0) is 18.3. The summed E-state index contributed by atoms with van der Waals surface area (Å²) in [5.41, 5.74) is 2.64. The Labute approximate surface area is 160 Å². The molecule has 1 aliphatic heterocycles. The molecule has 0 amide bonds. The lowest BCUT2D eigenvalue weighted by Gasteiger charge is -2.32. The molecule has 2 aromatic carbocycles. The number of hydrogen-bond donors (Lipinski definition) is 1. The van der Waals surface area contributed by atoms with Crippen molar-refractivity contribution in [3.63, 3.8) is 0 Å². The van der Waals surface area contributed by atoms with Crippen LogP contribution in [0.25, 0.3) is 0 Å². The third-order valence-corrected chi connectivity index (χ3v) is 5.15. The Morgan fingerprint density at radius 1 is 0.889 bits per heavy atom. The van der Waals surface area contributed by atoms with Crippen molar-refractivity contribution in [3.8, 4) is 0 Å². The first-order chi connectivity index (χ1) is 13.4. The molecule has 0 aliphatic carbocycles. The van der Waals surface area contributed by atoms with Crippen molar-refractivity contribution in [2.24, 2.45) is 5.92 Å². The van der Waals surface area contributed by atoms with E-state index in [0.717, 1.165) is 24.8 Å². The van der Waals surface area contributed by atoms with Crippen LogP contribution in [0.2, 0.25) is 0 Å². The molecular weight excluding hydrogens is 334 g/mol. The Hall–Kier alpha value is -2.95. The number of hydrogen-bond acceptors (Lipinski definition) is 5. The minimum atomic E-state index is 0.586. The Morgan fingerprint density at radius 3 is 2.26 bits per heavy atom. The fourth-order valence-corrected chi connectivity index (χ4v) is 3.61. The van der Waals surface area contributed by atoms with Crippen molar-refractivity contribution in [2.45, 2.75) is 25.8 Å². The average Bonchev–Trinajstić information content (AvgIpc) is 2.75. The average molecular weight is 359 g/mol. The topological polar surface area (TPSA) is 53.9 Å². The van der Waals surface area contributed by atoms with E-state index in [1.807, 2.05) is 18.2 Å². The van der Waals surface area contributed by atoms with E-state index in [4.69, 9.17) is 0 Å². The maximum absolute atomic E-state index is 4.66. The van der Waals surface area contributed by atoms with Crippen LogP contribution >= 0.6 is 0 Å². The first-order valence-electron chi connectivity index (χ1n) is 9.63. The molecule has 0 spiro atoms. The van der Waals surface area contributed by atoms with E-state index in [0.29, 0.717) is 12.5 Å². The highest BCUT2D eigenvalue weighted by molar-refractivity contribution is 5.41. The van der Waals surface area contributed by atoms with Gasteiger partial charge in [0.1, 0.15) is 0 Å². The van der Waals surface area contributed by atoms with Crippen LogP contribution in [0.3, 0.4) is 0 Å². The summed E-state index contributed by atoms with van der Waals surface area (Å²) in [6, 6.07) is 21.0. The van der Waals surface area contributed by atoms with Crippen LogP contribution in [0.1, 0.15) is 24.0 Å². The van der Waals surface area contributed by atoms with Crippen LogP contribution in [-0.4, -0.2) is 28.3 Å². The van der Waals surface area contributed by atoms with Crippen molar-refractivity contribution >= 4 is 11.8 Å². The zero-order valence-corrected chi connectivity index (χ0v) is 15.5. The summed E-state index contributed by atoms with van der Waals surface area (Å²) >= 11 is 0. The molecule has 1 fully saturated rings. The normalized spacial score (nSPS) is 14.9. The summed E-state index contributed by atoms with van der Waals surface area (Å²) in [5, 5.41) is 11.5. The monoisotopic (exact) mass is 359 g/mol. The number of benzene rings is 2. The summed E-state index contributed by atoms with van der Waals surface area (Å²) < 4.78 is 0. The summed E-state index contributed by atoms with van der Waals surface area (Å²) in [5.74, 6) is 2.25. The first kappa shape index (κ1) is 17.5. The number of anilines is 2. The van der Waals surface area contributed by atoms with Crippen LogP contribution in [0.4, 0.5) is 11.8 Å². The van der Waals surface area contributed by atoms with Gasteiger partial charge in [0.2, 0.25) is 5.95 Å². The van der Waals surface area contributed by atoms with Gasteiger partial charge in [-0.1, -0.05) is 60.7 Å². The van der Waals surface area contributed by atoms with E-state index < -0.39 is 0 Å². The molecule has 0 unspecified atom stereocenters. The fourth-order valence-electron chi connectivity index (χ4n) is 3.61. The molecule has 138 valence electrons. The lowest BCUT2D eigenvalue weighted by atomic mass is 9.90. The summed E-state index contributed by atoms with van der Waals surface area (Å²) in [6.07, 6.45) is 5.31. The highest BCUT2D eigenvalue weighted by atomic mass is 15.3. The highest BCUT2D eigenvalue weighted by Crippen LogP contribution is 2.24. The summed E-state index contributed by atoms with van der Waals surface area (Å²) in [7, 11) is 0. The summed E-state index contributed by atoms with van der Waals surface area (Å²) in [4.78, 5) is 6.99. The highest BCUT2D eigenvalue weighted by Gasteiger charge is 2.21. The molecule has 3 aromatic rings. The number of piperidine rings is 1. The second-order valence-electron chi connectivity index (χ2n) is 7.10. The largest absolute Gasteiger partial charge is 0.355 e. The van der Waals surface area contributed by atoms with Crippen LogP contribution < -0.4 is 10.2 Å². The third-order valence-electron chi connectivity index (χ3n) is 5.15. The van der Waals surface area contributed by atoms with Crippen molar-refractivity contribution in [3.05, 3.63) is 78.0 Å². The van der Waals surface area contributed by atoms with Crippen molar-refractivity contribution in [1.82, 2.24) is 15.2 Å². The van der Waals surface area contributed by atoms with E-state index in [2.05, 4.69) is 67.9 Å². The van der Waals surface area contributed by atoms with Crippen LogP contribution in [0.5, 0.6) is 0 Å². The first-order valence-corrected chi connectivity index (χ1v) is 9.63. The van der Waals surface area contributed by atoms with Crippen molar-refractivity contribution in [1.29, 1.82) is 0 Å². The molecule has 0 saturated carbocycles. The maximum atomic E-state index is 4.66. The maximum Gasteiger partial charge on any atom is 0.244 e. The van der Waals surface area contributed by atoms with Gasteiger partial charge in [-0.25, -0.2) is 0 Å². The van der Waals surface area contributed by atoms with Gasteiger partial charge in [-0.2, -0.15) is 10.1 Å². The molecule has 1 saturated heterocycles. The molecule has 1 N–H and O–H groups in total. The Balaban J connectivity index is 1.32. The van der Waals surface area contributed by atoms with Gasteiger partial charge in [-0.05, 0) is 36.3 Å². The van der Waals surface area contributed by atoms with Gasteiger partial charge in [0.15, 0.2) is 5.82 Å². The number of nitrogens with one attached hydrogen (secondary N) is 1. The molecule has 27 heavy (non-hydrogen) atoms. The Kier molecular flexibility index (Phi) is 5.58. The SMILES string of the molecule is c1ccc(CNc2nncc(N3CCC(Cc4ccccc4)CC3)n2)cc1. The smallest absolute Gasteiger partial charge is 0.244 e. The van der Waals surface area contributed by atoms with Gasteiger partial charge in [-0.3, -0.25) is 0 Å². The van der Waals surface area contributed by atoms with Gasteiger partial charge >= 0.3 is 0 Å². The Morgan fingerprint density at radius 2 is 1.56 bits per heavy atom. The molecule has 5 nitrogen and oxygen atoms in total. The lowest BCUT2D eigenvalue weighted by Crippen LogP contribution is -2.35. The summed E-state index contributed by atoms with van der Waals surface area (Å²) in [6.45, 7) is 2.74. The molecule has 1 aliphatic rings. The van der Waals surface area contributed by atoms with Gasteiger partial charge in [0.25, 0.3) is 0 Å². The molecule has 5 heteroatoms. The zero-order valence-electron chi connectivity index (χ0n) is 15.5. The second-order valence-corrected chi connectivity index (χ2v) is 7.10. The Bertz CT molecular complexity index is 830. The van der Waals surface area contributed by atoms with Crippen molar-refractivity contribution in [2.75, 3.05) is 23.3 Å². The molecule has 4 rings (SSSR count). The minimum Gasteiger partial charge on any atom is -0.355 e. The number of aromatic nitrogens is 3. The molecular formula is C22H25N5. The molecule has 0 bridgehead atoms. The van der Waals surface area contributed by atoms with E-state index in [1.54, 1.807) is 6.20 Å². The third kappa shape index (κ3) is 4.82.